The van der Waals surface area contributed by atoms with E-state index < -0.39 is 5.97 Å². The summed E-state index contributed by atoms with van der Waals surface area (Å²) in [4.78, 5) is 15.1. The highest BCUT2D eigenvalue weighted by Gasteiger charge is 2.18. The number of rotatable bonds is 2. The molecular weight excluding hydrogens is 332 g/mol. The molecule has 98 valence electrons. The number of aromatic carboxylic acids is 1. The fourth-order valence-corrected chi connectivity index (χ4v) is 2.42. The van der Waals surface area contributed by atoms with Gasteiger partial charge in [-0.05, 0) is 18.2 Å². The van der Waals surface area contributed by atoms with Crippen LogP contribution in [0.5, 0.6) is 0 Å². The highest BCUT2D eigenvalue weighted by molar-refractivity contribution is 6.49. The number of benzene rings is 1. The Morgan fingerprint density at radius 1 is 1.00 bits per heavy atom. The first kappa shape index (κ1) is 14.4. The second-order valence-electron chi connectivity index (χ2n) is 3.55. The molecule has 0 spiro atoms. The molecule has 19 heavy (non-hydrogen) atoms. The first-order chi connectivity index (χ1) is 8.93. The van der Waals surface area contributed by atoms with Gasteiger partial charge in [-0.15, -0.1) is 0 Å². The van der Waals surface area contributed by atoms with Crippen LogP contribution < -0.4 is 0 Å². The van der Waals surface area contributed by atoms with E-state index in [4.69, 9.17) is 51.5 Å². The number of carbonyl (C=O) groups is 1. The smallest absolute Gasteiger partial charge is 0.337 e. The predicted molar refractivity (Wildman–Crippen MR) is 76.7 cm³/mol. The van der Waals surface area contributed by atoms with Gasteiger partial charge >= 0.3 is 5.97 Å². The van der Waals surface area contributed by atoms with Crippen LogP contribution in [0.2, 0.25) is 20.1 Å². The third-order valence-electron chi connectivity index (χ3n) is 2.41. The fourth-order valence-electron chi connectivity index (χ4n) is 1.51. The second kappa shape index (κ2) is 5.55. The standard InChI is InChI=1S/C12H5Cl4NO2/c13-7-2-1-5(8(14)10(7)16)11-9(15)6(12(18)19)3-4-17-11/h1-4H,(H,18,19). The van der Waals surface area contributed by atoms with Crippen molar-refractivity contribution >= 4 is 52.4 Å². The average molecular weight is 337 g/mol. The first-order valence-electron chi connectivity index (χ1n) is 4.95. The van der Waals surface area contributed by atoms with Crippen molar-refractivity contribution < 1.29 is 9.90 Å². The van der Waals surface area contributed by atoms with Crippen LogP contribution in [0.4, 0.5) is 0 Å². The molecule has 0 aliphatic rings. The van der Waals surface area contributed by atoms with Gasteiger partial charge in [-0.3, -0.25) is 4.98 Å². The molecule has 0 fully saturated rings. The van der Waals surface area contributed by atoms with E-state index in [0.29, 0.717) is 10.6 Å². The highest BCUT2D eigenvalue weighted by Crippen LogP contribution is 2.40. The Labute approximate surface area is 128 Å². The molecule has 2 aromatic rings. The van der Waals surface area contributed by atoms with Gasteiger partial charge in [-0.1, -0.05) is 46.4 Å². The quantitative estimate of drug-likeness (QED) is 0.780. The second-order valence-corrected chi connectivity index (χ2v) is 5.09. The lowest BCUT2D eigenvalue weighted by Gasteiger charge is -2.09. The van der Waals surface area contributed by atoms with Gasteiger partial charge in [0.15, 0.2) is 0 Å². The number of nitrogens with zero attached hydrogens (tertiary/aromatic N) is 1. The van der Waals surface area contributed by atoms with Crippen molar-refractivity contribution in [1.29, 1.82) is 0 Å². The SMILES string of the molecule is O=C(O)c1ccnc(-c2ccc(Cl)c(Cl)c2Cl)c1Cl. The van der Waals surface area contributed by atoms with E-state index in [2.05, 4.69) is 4.98 Å². The van der Waals surface area contributed by atoms with Crippen molar-refractivity contribution in [3.63, 3.8) is 0 Å². The summed E-state index contributed by atoms with van der Waals surface area (Å²) in [7, 11) is 0. The Kier molecular flexibility index (Phi) is 4.21. The lowest BCUT2D eigenvalue weighted by molar-refractivity contribution is 0.0697. The third kappa shape index (κ3) is 2.65. The van der Waals surface area contributed by atoms with Gasteiger partial charge in [0.05, 0.1) is 31.3 Å². The van der Waals surface area contributed by atoms with Crippen LogP contribution in [0.25, 0.3) is 11.3 Å². The molecule has 0 unspecified atom stereocenters. The summed E-state index contributed by atoms with van der Waals surface area (Å²) in [6, 6.07) is 4.42. The summed E-state index contributed by atoms with van der Waals surface area (Å²) < 4.78 is 0. The van der Waals surface area contributed by atoms with E-state index in [1.807, 2.05) is 0 Å². The van der Waals surface area contributed by atoms with Gasteiger partial charge in [0, 0.05) is 11.8 Å². The third-order valence-corrected chi connectivity index (χ3v) is 4.09. The van der Waals surface area contributed by atoms with Gasteiger partial charge < -0.3 is 5.11 Å². The summed E-state index contributed by atoms with van der Waals surface area (Å²) >= 11 is 23.9. The van der Waals surface area contributed by atoms with Crippen LogP contribution in [-0.4, -0.2) is 16.1 Å². The van der Waals surface area contributed by atoms with Crippen molar-refractivity contribution in [3.05, 3.63) is 50.0 Å². The molecule has 0 bridgehead atoms. The molecule has 1 N–H and O–H groups in total. The largest absolute Gasteiger partial charge is 0.478 e. The van der Waals surface area contributed by atoms with Crippen molar-refractivity contribution in [2.24, 2.45) is 0 Å². The van der Waals surface area contributed by atoms with Crippen LogP contribution in [0, 0.1) is 0 Å². The number of hydrogen-bond acceptors (Lipinski definition) is 2. The number of hydrogen-bond donors (Lipinski definition) is 1. The molecule has 0 saturated carbocycles. The summed E-state index contributed by atoms with van der Waals surface area (Å²) in [5, 5.41) is 9.64. The molecule has 0 radical (unpaired) electrons. The minimum absolute atomic E-state index is 0.00436. The van der Waals surface area contributed by atoms with Crippen LogP contribution >= 0.6 is 46.4 Å². The van der Waals surface area contributed by atoms with E-state index in [9.17, 15) is 4.79 Å². The molecule has 0 aliphatic carbocycles. The lowest BCUT2D eigenvalue weighted by atomic mass is 10.1. The van der Waals surface area contributed by atoms with Crippen LogP contribution in [-0.2, 0) is 0 Å². The van der Waals surface area contributed by atoms with Gasteiger partial charge in [-0.2, -0.15) is 0 Å². The number of pyridine rings is 1. The van der Waals surface area contributed by atoms with Crippen LogP contribution in [0.3, 0.4) is 0 Å². The topological polar surface area (TPSA) is 50.2 Å². The maximum Gasteiger partial charge on any atom is 0.337 e. The van der Waals surface area contributed by atoms with Crippen molar-refractivity contribution in [3.8, 4) is 11.3 Å². The van der Waals surface area contributed by atoms with E-state index in [0.717, 1.165) is 0 Å². The van der Waals surface area contributed by atoms with Crippen molar-refractivity contribution in [2.75, 3.05) is 0 Å². The van der Waals surface area contributed by atoms with Crippen LogP contribution in [0.1, 0.15) is 10.4 Å². The molecule has 1 aromatic carbocycles. The summed E-state index contributed by atoms with van der Waals surface area (Å²) in [6.45, 7) is 0. The number of halogens is 4. The highest BCUT2D eigenvalue weighted by atomic mass is 35.5. The minimum atomic E-state index is -1.15. The Morgan fingerprint density at radius 3 is 2.32 bits per heavy atom. The van der Waals surface area contributed by atoms with Crippen LogP contribution in [0.15, 0.2) is 24.4 Å². The maximum absolute atomic E-state index is 11.0. The fraction of sp³-hybridized carbons (Fsp3) is 0. The maximum atomic E-state index is 11.0. The molecule has 2 rings (SSSR count). The zero-order valence-corrected chi connectivity index (χ0v) is 12.1. The summed E-state index contributed by atoms with van der Waals surface area (Å²) in [5.74, 6) is -1.15. The molecule has 1 aromatic heterocycles. The molecule has 0 aliphatic heterocycles. The van der Waals surface area contributed by atoms with E-state index in [1.54, 1.807) is 6.07 Å². The monoisotopic (exact) mass is 335 g/mol. The molecule has 0 amide bonds. The number of carboxylic acids is 1. The predicted octanol–water partition coefficient (Wildman–Crippen LogP) is 5.06. The lowest BCUT2D eigenvalue weighted by Crippen LogP contribution is -2.00. The molecular formula is C12H5Cl4NO2. The number of carboxylic acid groups (broad SMARTS) is 1. The zero-order chi connectivity index (χ0) is 14.2. The Balaban J connectivity index is 2.70. The molecule has 3 nitrogen and oxygen atoms in total. The van der Waals surface area contributed by atoms with E-state index in [1.165, 1.54) is 18.3 Å². The van der Waals surface area contributed by atoms with Gasteiger partial charge in [0.2, 0.25) is 0 Å². The van der Waals surface area contributed by atoms with Gasteiger partial charge in [0.25, 0.3) is 0 Å². The zero-order valence-electron chi connectivity index (χ0n) is 9.12. The molecule has 1 heterocycles. The first-order valence-corrected chi connectivity index (χ1v) is 6.46. The molecule has 7 heteroatoms. The molecule has 0 atom stereocenters. The Bertz CT molecular complexity index is 673. The van der Waals surface area contributed by atoms with Crippen molar-refractivity contribution in [1.82, 2.24) is 4.98 Å². The summed E-state index contributed by atoms with van der Waals surface area (Å²) in [5.41, 5.74) is 0.600. The number of aromatic nitrogens is 1. The van der Waals surface area contributed by atoms with E-state index in [-0.39, 0.29) is 26.3 Å². The normalized spacial score (nSPS) is 10.5. The summed E-state index contributed by atoms with van der Waals surface area (Å²) in [6.07, 6.45) is 1.34. The van der Waals surface area contributed by atoms with Crippen molar-refractivity contribution in [2.45, 2.75) is 0 Å². The average Bonchev–Trinajstić information content (AvgIpc) is 2.37. The Morgan fingerprint density at radius 2 is 1.68 bits per heavy atom. The van der Waals surface area contributed by atoms with Gasteiger partial charge in [-0.25, -0.2) is 4.79 Å². The minimum Gasteiger partial charge on any atom is -0.478 e. The van der Waals surface area contributed by atoms with Gasteiger partial charge in [0.1, 0.15) is 0 Å². The Hall–Kier alpha value is -1.000. The molecule has 0 saturated heterocycles. The van der Waals surface area contributed by atoms with E-state index >= 15 is 0 Å².